The molecule has 0 heterocycles. The molecule has 2 heteroatoms. The zero-order valence-electron chi connectivity index (χ0n) is 10.2. The van der Waals surface area contributed by atoms with E-state index >= 15 is 0 Å². The van der Waals surface area contributed by atoms with Gasteiger partial charge in [-0.15, -0.1) is 0 Å². The zero-order chi connectivity index (χ0) is 12.3. The first-order valence-electron chi connectivity index (χ1n) is 5.14. The van der Waals surface area contributed by atoms with Crippen molar-refractivity contribution >= 4 is 17.2 Å². The topological polar surface area (TPSA) is 9.23 Å². The molecule has 86 valence electrons. The van der Waals surface area contributed by atoms with E-state index in [1.807, 2.05) is 25.1 Å². The summed E-state index contributed by atoms with van der Waals surface area (Å²) >= 11 is 6.00. The fourth-order valence-electron chi connectivity index (χ4n) is 1.56. The van der Waals surface area contributed by atoms with Crippen LogP contribution < -0.4 is 0 Å². The highest BCUT2D eigenvalue weighted by Crippen LogP contribution is 2.27. The van der Waals surface area contributed by atoms with E-state index in [4.69, 9.17) is 16.3 Å². The van der Waals surface area contributed by atoms with Crippen molar-refractivity contribution in [3.8, 4) is 0 Å². The van der Waals surface area contributed by atoms with Gasteiger partial charge in [-0.3, -0.25) is 0 Å². The number of halogens is 1. The monoisotopic (exact) mass is 236 g/mol. The molecule has 0 N–H and O–H groups in total. The van der Waals surface area contributed by atoms with E-state index in [0.29, 0.717) is 5.76 Å². The number of aryl methyl sites for hydroxylation is 1. The quantitative estimate of drug-likeness (QED) is 0.551. The highest BCUT2D eigenvalue weighted by molar-refractivity contribution is 6.30. The molecule has 1 aromatic rings. The molecule has 1 aromatic carbocycles. The van der Waals surface area contributed by atoms with Gasteiger partial charge in [0.1, 0.15) is 5.76 Å². The van der Waals surface area contributed by atoms with Gasteiger partial charge in [-0.1, -0.05) is 24.2 Å². The minimum Gasteiger partial charge on any atom is -0.497 e. The number of hydrogen-bond donors (Lipinski definition) is 0. The third-order valence-corrected chi connectivity index (χ3v) is 3.07. The van der Waals surface area contributed by atoms with Crippen molar-refractivity contribution in [2.24, 2.45) is 0 Å². The number of methoxy groups -OCH3 is 1. The van der Waals surface area contributed by atoms with Gasteiger partial charge in [0.15, 0.2) is 0 Å². The maximum Gasteiger partial charge on any atom is 0.114 e. The summed E-state index contributed by atoms with van der Waals surface area (Å²) in [6, 6.07) is 5.89. The molecule has 0 radical (unpaired) electrons. The van der Waals surface area contributed by atoms with E-state index in [2.05, 4.69) is 20.4 Å². The number of benzene rings is 1. The molecule has 0 aromatic heterocycles. The van der Waals surface area contributed by atoms with Gasteiger partial charge in [0.25, 0.3) is 0 Å². The van der Waals surface area contributed by atoms with Crippen LogP contribution in [0.2, 0.25) is 5.02 Å². The second kappa shape index (κ2) is 5.22. The molecule has 1 rings (SSSR count). The first-order valence-corrected chi connectivity index (χ1v) is 5.52. The lowest BCUT2D eigenvalue weighted by molar-refractivity contribution is 0.303. The maximum absolute atomic E-state index is 6.00. The molecule has 1 nitrogen and oxygen atoms in total. The fourth-order valence-corrected chi connectivity index (χ4v) is 1.73. The van der Waals surface area contributed by atoms with Crippen molar-refractivity contribution in [1.82, 2.24) is 0 Å². The van der Waals surface area contributed by atoms with Gasteiger partial charge in [0.05, 0.1) is 7.11 Å². The molecule has 16 heavy (non-hydrogen) atoms. The standard InChI is InChI=1S/C14H17ClO/c1-9-6-7-13(15)8-14(9)11(3)10(2)12(4)16-5/h6-8H,4H2,1-3,5H3/b11-10+. The van der Waals surface area contributed by atoms with Crippen LogP contribution in [0.5, 0.6) is 0 Å². The molecule has 0 amide bonds. The maximum atomic E-state index is 6.00. The summed E-state index contributed by atoms with van der Waals surface area (Å²) in [5, 5.41) is 0.746. The number of allylic oxidation sites excluding steroid dienone is 2. The zero-order valence-corrected chi connectivity index (χ0v) is 11.0. The van der Waals surface area contributed by atoms with Crippen molar-refractivity contribution in [1.29, 1.82) is 0 Å². The lowest BCUT2D eigenvalue weighted by Crippen LogP contribution is -1.93. The lowest BCUT2D eigenvalue weighted by atomic mass is 9.97. The third kappa shape index (κ3) is 2.67. The van der Waals surface area contributed by atoms with Crippen LogP contribution in [0.1, 0.15) is 25.0 Å². The largest absolute Gasteiger partial charge is 0.497 e. The summed E-state index contributed by atoms with van der Waals surface area (Å²) in [7, 11) is 1.63. The lowest BCUT2D eigenvalue weighted by Gasteiger charge is -2.12. The van der Waals surface area contributed by atoms with Crippen LogP contribution in [0, 0.1) is 6.92 Å². The summed E-state index contributed by atoms with van der Waals surface area (Å²) in [5.41, 5.74) is 4.54. The molecule has 0 saturated heterocycles. The third-order valence-electron chi connectivity index (χ3n) is 2.83. The van der Waals surface area contributed by atoms with Gasteiger partial charge >= 0.3 is 0 Å². The van der Waals surface area contributed by atoms with Crippen LogP contribution in [0.15, 0.2) is 36.1 Å². The average Bonchev–Trinajstić information content (AvgIpc) is 2.29. The van der Waals surface area contributed by atoms with E-state index in [1.165, 1.54) is 5.56 Å². The smallest absolute Gasteiger partial charge is 0.114 e. The van der Waals surface area contributed by atoms with E-state index in [9.17, 15) is 0 Å². The minimum atomic E-state index is 0.692. The van der Waals surface area contributed by atoms with Crippen molar-refractivity contribution in [2.75, 3.05) is 7.11 Å². The van der Waals surface area contributed by atoms with Crippen LogP contribution >= 0.6 is 11.6 Å². The molecule has 0 aliphatic heterocycles. The number of hydrogen-bond acceptors (Lipinski definition) is 1. The molecular weight excluding hydrogens is 220 g/mol. The van der Waals surface area contributed by atoms with E-state index in [-0.39, 0.29) is 0 Å². The Balaban J connectivity index is 3.27. The fraction of sp³-hybridized carbons (Fsp3) is 0.286. The average molecular weight is 237 g/mol. The molecule has 0 spiro atoms. The van der Waals surface area contributed by atoms with Gasteiger partial charge in [-0.05, 0) is 55.2 Å². The Labute approximate surface area is 102 Å². The van der Waals surface area contributed by atoms with Gasteiger partial charge in [0.2, 0.25) is 0 Å². The predicted octanol–water partition coefficient (Wildman–Crippen LogP) is 4.60. The van der Waals surface area contributed by atoms with Gasteiger partial charge in [-0.25, -0.2) is 0 Å². The Kier molecular flexibility index (Phi) is 4.19. The van der Waals surface area contributed by atoms with E-state index in [1.54, 1.807) is 7.11 Å². The van der Waals surface area contributed by atoms with Crippen LogP contribution in [0.3, 0.4) is 0 Å². The highest BCUT2D eigenvalue weighted by atomic mass is 35.5. The summed E-state index contributed by atoms with van der Waals surface area (Å²) < 4.78 is 5.14. The minimum absolute atomic E-state index is 0.692. The Bertz CT molecular complexity index is 444. The van der Waals surface area contributed by atoms with Gasteiger partial charge in [0, 0.05) is 5.02 Å². The number of ether oxygens (including phenoxy) is 1. The molecule has 0 aliphatic rings. The van der Waals surface area contributed by atoms with Crippen molar-refractivity contribution in [3.63, 3.8) is 0 Å². The van der Waals surface area contributed by atoms with Crippen molar-refractivity contribution in [2.45, 2.75) is 20.8 Å². The van der Waals surface area contributed by atoms with Crippen LogP contribution in [0.25, 0.3) is 5.57 Å². The summed E-state index contributed by atoms with van der Waals surface area (Å²) in [4.78, 5) is 0. The summed E-state index contributed by atoms with van der Waals surface area (Å²) in [5.74, 6) is 0.692. The Morgan fingerprint density at radius 1 is 1.31 bits per heavy atom. The van der Waals surface area contributed by atoms with Crippen LogP contribution in [0.4, 0.5) is 0 Å². The Hall–Kier alpha value is -1.21. The normalized spacial score (nSPS) is 12.1. The van der Waals surface area contributed by atoms with E-state index in [0.717, 1.165) is 21.7 Å². The Morgan fingerprint density at radius 3 is 2.50 bits per heavy atom. The molecule has 0 aliphatic carbocycles. The molecule has 0 saturated carbocycles. The molecule has 0 bridgehead atoms. The first kappa shape index (κ1) is 12.9. The van der Waals surface area contributed by atoms with Crippen LogP contribution in [-0.4, -0.2) is 7.11 Å². The van der Waals surface area contributed by atoms with Gasteiger partial charge < -0.3 is 4.74 Å². The second-order valence-corrected chi connectivity index (χ2v) is 4.27. The molecule has 0 atom stereocenters. The van der Waals surface area contributed by atoms with Crippen molar-refractivity contribution < 1.29 is 4.74 Å². The summed E-state index contributed by atoms with van der Waals surface area (Å²) in [6.45, 7) is 9.98. The summed E-state index contributed by atoms with van der Waals surface area (Å²) in [6.07, 6.45) is 0. The molecule has 0 fully saturated rings. The van der Waals surface area contributed by atoms with Crippen LogP contribution in [-0.2, 0) is 4.74 Å². The highest BCUT2D eigenvalue weighted by Gasteiger charge is 2.07. The second-order valence-electron chi connectivity index (χ2n) is 3.84. The predicted molar refractivity (Wildman–Crippen MR) is 70.6 cm³/mol. The molecular formula is C14H17ClO. The first-order chi connectivity index (χ1) is 7.47. The number of rotatable bonds is 3. The SMILES string of the molecule is C=C(OC)/C(C)=C(\C)c1cc(Cl)ccc1C. The Morgan fingerprint density at radius 2 is 1.94 bits per heavy atom. The molecule has 0 unspecified atom stereocenters. The van der Waals surface area contributed by atoms with E-state index < -0.39 is 0 Å². The van der Waals surface area contributed by atoms with Gasteiger partial charge in [-0.2, -0.15) is 0 Å². The van der Waals surface area contributed by atoms with Crippen molar-refractivity contribution in [3.05, 3.63) is 52.3 Å².